The molecule has 0 aromatic heterocycles. The average molecular weight is 167 g/mol. The van der Waals surface area contributed by atoms with E-state index < -0.39 is 11.4 Å². The summed E-state index contributed by atoms with van der Waals surface area (Å²) in [6.07, 6.45) is 2.69. The molecule has 0 bridgehead atoms. The van der Waals surface area contributed by atoms with Gasteiger partial charge in [-0.3, -0.25) is 8.74 Å². The van der Waals surface area contributed by atoms with Crippen molar-refractivity contribution in [1.29, 1.82) is 0 Å². The smallest absolute Gasteiger partial charge is 0.301 e. The maximum atomic E-state index is 9.90. The molecule has 0 aliphatic rings. The molecule has 1 unspecified atom stereocenters. The topological polar surface area (TPSA) is 72.5 Å². The zero-order chi connectivity index (χ0) is 7.82. The summed E-state index contributed by atoms with van der Waals surface area (Å²) in [4.78, 5) is 0. The maximum absolute atomic E-state index is 9.90. The molecule has 1 atom stereocenters. The van der Waals surface area contributed by atoms with Crippen molar-refractivity contribution in [3.05, 3.63) is 0 Å². The first kappa shape index (κ1) is 10.0. The van der Waals surface area contributed by atoms with Gasteiger partial charge >= 0.3 is 11.4 Å². The fourth-order valence-corrected chi connectivity index (χ4v) is 0.814. The third-order valence-electron chi connectivity index (χ3n) is 1.03. The first-order valence-electron chi connectivity index (χ1n) is 3.21. The Labute approximate surface area is 63.2 Å². The third-order valence-corrected chi connectivity index (χ3v) is 1.40. The lowest BCUT2D eigenvalue weighted by Gasteiger charge is -1.96. The highest BCUT2D eigenvalue weighted by molar-refractivity contribution is 7.74. The lowest BCUT2D eigenvalue weighted by Crippen LogP contribution is -2.01. The quantitative estimate of drug-likeness (QED) is 0.440. The van der Waals surface area contributed by atoms with Gasteiger partial charge in [-0.25, -0.2) is 0 Å². The molecular weight excluding hydrogens is 154 g/mol. The van der Waals surface area contributed by atoms with Crippen LogP contribution >= 0.6 is 0 Å². The van der Waals surface area contributed by atoms with E-state index in [0.29, 0.717) is 13.2 Å². The number of rotatable bonds is 6. The lowest BCUT2D eigenvalue weighted by molar-refractivity contribution is 0.297. The molecule has 0 aliphatic heterocycles. The standard InChI is InChI=1S/C5H13NO3S/c6-4-2-1-3-5-9-10(7)8/h1-6H2,(H,7,8). The normalized spacial score (nSPS) is 13.4. The molecule has 0 aliphatic carbocycles. The average Bonchev–Trinajstić information content (AvgIpc) is 1.87. The van der Waals surface area contributed by atoms with Crippen LogP contribution in [0.25, 0.3) is 0 Å². The van der Waals surface area contributed by atoms with Crippen molar-refractivity contribution in [3.8, 4) is 0 Å². The second-order valence-corrected chi connectivity index (χ2v) is 2.56. The molecule has 10 heavy (non-hydrogen) atoms. The zero-order valence-corrected chi connectivity index (χ0v) is 6.60. The first-order valence-corrected chi connectivity index (χ1v) is 4.24. The van der Waals surface area contributed by atoms with Gasteiger partial charge in [0.2, 0.25) is 0 Å². The van der Waals surface area contributed by atoms with E-state index in [1.165, 1.54) is 0 Å². The molecule has 0 rings (SSSR count). The van der Waals surface area contributed by atoms with Crippen LogP contribution in [0.15, 0.2) is 0 Å². The fraction of sp³-hybridized carbons (Fsp3) is 1.00. The van der Waals surface area contributed by atoms with Crippen LogP contribution in [0.5, 0.6) is 0 Å². The van der Waals surface area contributed by atoms with Gasteiger partial charge in [-0.05, 0) is 25.8 Å². The Morgan fingerprint density at radius 3 is 2.60 bits per heavy atom. The highest BCUT2D eigenvalue weighted by atomic mass is 32.2. The molecule has 0 heterocycles. The number of unbranched alkanes of at least 4 members (excludes halogenated alkanes) is 2. The fourth-order valence-electron chi connectivity index (χ4n) is 0.553. The van der Waals surface area contributed by atoms with Gasteiger partial charge in [0, 0.05) is 0 Å². The molecule has 62 valence electrons. The van der Waals surface area contributed by atoms with Crippen LogP contribution < -0.4 is 5.73 Å². The van der Waals surface area contributed by atoms with E-state index in [-0.39, 0.29) is 0 Å². The van der Waals surface area contributed by atoms with Gasteiger partial charge in [-0.2, -0.15) is 4.21 Å². The van der Waals surface area contributed by atoms with Crippen molar-refractivity contribution in [1.82, 2.24) is 0 Å². The molecular formula is C5H13NO3S. The summed E-state index contributed by atoms with van der Waals surface area (Å²) >= 11 is -2.10. The van der Waals surface area contributed by atoms with Crippen molar-refractivity contribution in [3.63, 3.8) is 0 Å². The van der Waals surface area contributed by atoms with E-state index in [9.17, 15) is 4.21 Å². The summed E-state index contributed by atoms with van der Waals surface area (Å²) in [6, 6.07) is 0. The number of nitrogens with two attached hydrogens (primary N) is 1. The Morgan fingerprint density at radius 2 is 2.10 bits per heavy atom. The van der Waals surface area contributed by atoms with Gasteiger partial charge in [0.15, 0.2) is 0 Å². The molecule has 0 saturated heterocycles. The SMILES string of the molecule is NCCCCCOS(=O)O. The summed E-state index contributed by atoms with van der Waals surface area (Å²) in [5.74, 6) is 0. The monoisotopic (exact) mass is 167 g/mol. The van der Waals surface area contributed by atoms with Crippen LogP contribution in [-0.2, 0) is 15.5 Å². The van der Waals surface area contributed by atoms with E-state index in [1.807, 2.05) is 0 Å². The number of hydrogen-bond acceptors (Lipinski definition) is 3. The van der Waals surface area contributed by atoms with Crippen LogP contribution in [0.1, 0.15) is 19.3 Å². The maximum Gasteiger partial charge on any atom is 0.301 e. The minimum Gasteiger partial charge on any atom is -0.330 e. The molecule has 0 aromatic rings. The van der Waals surface area contributed by atoms with E-state index in [4.69, 9.17) is 10.3 Å². The van der Waals surface area contributed by atoms with Crippen LogP contribution in [0.3, 0.4) is 0 Å². The van der Waals surface area contributed by atoms with Gasteiger partial charge in [-0.1, -0.05) is 0 Å². The number of hydrogen-bond donors (Lipinski definition) is 2. The molecule has 0 radical (unpaired) electrons. The molecule has 0 amide bonds. The van der Waals surface area contributed by atoms with Crippen molar-refractivity contribution < 1.29 is 12.9 Å². The van der Waals surface area contributed by atoms with Crippen molar-refractivity contribution >= 4 is 11.4 Å². The molecule has 3 N–H and O–H groups in total. The molecule has 0 spiro atoms. The Balaban J connectivity index is 2.84. The molecule has 0 aromatic carbocycles. The summed E-state index contributed by atoms with van der Waals surface area (Å²) < 4.78 is 22.4. The minimum atomic E-state index is -2.10. The Kier molecular flexibility index (Phi) is 7.16. The lowest BCUT2D eigenvalue weighted by atomic mass is 10.2. The van der Waals surface area contributed by atoms with E-state index in [1.54, 1.807) is 0 Å². The highest BCUT2D eigenvalue weighted by Crippen LogP contribution is 1.94. The molecule has 4 nitrogen and oxygen atoms in total. The van der Waals surface area contributed by atoms with Crippen molar-refractivity contribution in [2.45, 2.75) is 19.3 Å². The predicted octanol–water partition coefficient (Wildman–Crippen LogP) is 0.269. The van der Waals surface area contributed by atoms with Crippen LogP contribution in [0.4, 0.5) is 0 Å². The summed E-state index contributed by atoms with van der Waals surface area (Å²) in [5, 5.41) is 0. The van der Waals surface area contributed by atoms with Gasteiger partial charge in [0.1, 0.15) is 0 Å². The van der Waals surface area contributed by atoms with Gasteiger partial charge < -0.3 is 5.73 Å². The first-order chi connectivity index (χ1) is 4.77. The molecule has 0 fully saturated rings. The van der Waals surface area contributed by atoms with Crippen LogP contribution in [-0.4, -0.2) is 21.9 Å². The largest absolute Gasteiger partial charge is 0.330 e. The molecule has 0 saturated carbocycles. The van der Waals surface area contributed by atoms with Gasteiger partial charge in [0.05, 0.1) is 6.61 Å². The molecule has 5 heteroatoms. The summed E-state index contributed by atoms with van der Waals surface area (Å²) in [7, 11) is 0. The van der Waals surface area contributed by atoms with Crippen LogP contribution in [0.2, 0.25) is 0 Å². The zero-order valence-electron chi connectivity index (χ0n) is 5.78. The Hall–Kier alpha value is 0.0300. The summed E-state index contributed by atoms with van der Waals surface area (Å²) in [6.45, 7) is 1.01. The minimum absolute atomic E-state index is 0.336. The third kappa shape index (κ3) is 8.03. The van der Waals surface area contributed by atoms with E-state index >= 15 is 0 Å². The van der Waals surface area contributed by atoms with Crippen molar-refractivity contribution in [2.24, 2.45) is 5.73 Å². The van der Waals surface area contributed by atoms with Crippen molar-refractivity contribution in [2.75, 3.05) is 13.2 Å². The van der Waals surface area contributed by atoms with Gasteiger partial charge in [-0.15, -0.1) is 0 Å². The van der Waals surface area contributed by atoms with E-state index in [0.717, 1.165) is 19.3 Å². The second-order valence-electron chi connectivity index (χ2n) is 1.89. The summed E-state index contributed by atoms with van der Waals surface area (Å²) in [5.41, 5.74) is 5.22. The second kappa shape index (κ2) is 7.14. The van der Waals surface area contributed by atoms with Crippen LogP contribution in [0, 0.1) is 0 Å². The van der Waals surface area contributed by atoms with Gasteiger partial charge in [0.25, 0.3) is 0 Å². The predicted molar refractivity (Wildman–Crippen MR) is 39.6 cm³/mol. The van der Waals surface area contributed by atoms with E-state index in [2.05, 4.69) is 4.18 Å². The highest BCUT2D eigenvalue weighted by Gasteiger charge is 1.92. The Morgan fingerprint density at radius 1 is 1.40 bits per heavy atom. The Bertz CT molecular complexity index is 98.9.